The Morgan fingerprint density at radius 3 is 2.71 bits per heavy atom. The molecule has 0 aromatic heterocycles. The first-order valence-electron chi connectivity index (χ1n) is 5.93. The van der Waals surface area contributed by atoms with Crippen molar-refractivity contribution in [1.82, 2.24) is 4.90 Å². The van der Waals surface area contributed by atoms with E-state index in [2.05, 4.69) is 6.08 Å². The highest BCUT2D eigenvalue weighted by Gasteiger charge is 2.23. The maximum atomic E-state index is 12.2. The molecule has 0 unspecified atom stereocenters. The van der Waals surface area contributed by atoms with Gasteiger partial charge in [0.2, 0.25) is 5.91 Å². The number of amides is 1. The molecule has 0 saturated heterocycles. The topological polar surface area (TPSA) is 46.3 Å². The van der Waals surface area contributed by atoms with Gasteiger partial charge in [-0.2, -0.15) is 0 Å². The third-order valence-corrected chi connectivity index (χ3v) is 3.07. The van der Waals surface area contributed by atoms with E-state index >= 15 is 0 Å². The normalized spacial score (nSPS) is 17.5. The molecule has 0 spiro atoms. The van der Waals surface area contributed by atoms with E-state index in [1.807, 2.05) is 42.2 Å². The molecule has 0 bridgehead atoms. The summed E-state index contributed by atoms with van der Waals surface area (Å²) in [7, 11) is 0. The fourth-order valence-corrected chi connectivity index (χ4v) is 2.10. The van der Waals surface area contributed by atoms with E-state index in [0.717, 1.165) is 18.5 Å². The molecular weight excluding hydrogens is 212 g/mol. The molecule has 3 nitrogen and oxygen atoms in total. The molecule has 0 radical (unpaired) electrons. The Morgan fingerprint density at radius 1 is 1.35 bits per heavy atom. The Hall–Kier alpha value is -1.61. The number of nitrogens with zero attached hydrogens (tertiary/aromatic N) is 1. The van der Waals surface area contributed by atoms with Crippen LogP contribution in [0.2, 0.25) is 0 Å². The molecule has 2 N–H and O–H groups in total. The summed E-state index contributed by atoms with van der Waals surface area (Å²) in [6, 6.07) is 8.99. The van der Waals surface area contributed by atoms with Crippen LogP contribution in [-0.2, 0) is 4.79 Å². The van der Waals surface area contributed by atoms with Gasteiger partial charge in [-0.1, -0.05) is 42.0 Å². The SMILES string of the molecule is CC1=CCCN(C(=O)[C@@H](N)c2ccccc2)C1. The number of carbonyl (C=O) groups excluding carboxylic acids is 1. The number of hydrogen-bond donors (Lipinski definition) is 1. The largest absolute Gasteiger partial charge is 0.337 e. The highest BCUT2D eigenvalue weighted by Crippen LogP contribution is 2.16. The lowest BCUT2D eigenvalue weighted by atomic mass is 10.0. The Labute approximate surface area is 102 Å². The molecule has 90 valence electrons. The summed E-state index contributed by atoms with van der Waals surface area (Å²) < 4.78 is 0. The molecule has 1 amide bonds. The fraction of sp³-hybridized carbons (Fsp3) is 0.357. The summed E-state index contributed by atoms with van der Waals surface area (Å²) in [4.78, 5) is 14.1. The van der Waals surface area contributed by atoms with Gasteiger partial charge in [0.1, 0.15) is 6.04 Å². The first-order chi connectivity index (χ1) is 8.18. The second-order valence-electron chi connectivity index (χ2n) is 4.49. The van der Waals surface area contributed by atoms with Gasteiger partial charge in [-0.25, -0.2) is 0 Å². The van der Waals surface area contributed by atoms with E-state index in [9.17, 15) is 4.79 Å². The lowest BCUT2D eigenvalue weighted by Gasteiger charge is -2.28. The van der Waals surface area contributed by atoms with Crippen molar-refractivity contribution >= 4 is 5.91 Å². The van der Waals surface area contributed by atoms with Crippen molar-refractivity contribution in [2.75, 3.05) is 13.1 Å². The van der Waals surface area contributed by atoms with Crippen molar-refractivity contribution in [3.8, 4) is 0 Å². The minimum absolute atomic E-state index is 0.0173. The third-order valence-electron chi connectivity index (χ3n) is 3.07. The molecule has 0 fully saturated rings. The highest BCUT2D eigenvalue weighted by molar-refractivity contribution is 5.83. The maximum Gasteiger partial charge on any atom is 0.244 e. The van der Waals surface area contributed by atoms with Gasteiger partial charge < -0.3 is 10.6 Å². The van der Waals surface area contributed by atoms with Gasteiger partial charge >= 0.3 is 0 Å². The Kier molecular flexibility index (Phi) is 3.59. The predicted octanol–water partition coefficient (Wildman–Crippen LogP) is 1.87. The van der Waals surface area contributed by atoms with Crippen molar-refractivity contribution in [2.24, 2.45) is 5.73 Å². The van der Waals surface area contributed by atoms with Crippen LogP contribution in [0.25, 0.3) is 0 Å². The third kappa shape index (κ3) is 2.74. The molecule has 0 saturated carbocycles. The van der Waals surface area contributed by atoms with Crippen molar-refractivity contribution in [2.45, 2.75) is 19.4 Å². The second kappa shape index (κ2) is 5.15. The first kappa shape index (κ1) is 11.9. The average Bonchev–Trinajstić information content (AvgIpc) is 2.38. The Bertz CT molecular complexity index is 425. The summed E-state index contributed by atoms with van der Waals surface area (Å²) in [6.45, 7) is 3.53. The van der Waals surface area contributed by atoms with Crippen LogP contribution in [-0.4, -0.2) is 23.9 Å². The zero-order chi connectivity index (χ0) is 12.3. The molecule has 1 aliphatic heterocycles. The maximum absolute atomic E-state index is 12.2. The van der Waals surface area contributed by atoms with Crippen LogP contribution in [0.1, 0.15) is 24.9 Å². The number of benzene rings is 1. The van der Waals surface area contributed by atoms with E-state index in [-0.39, 0.29) is 5.91 Å². The van der Waals surface area contributed by atoms with Crippen LogP contribution in [0.15, 0.2) is 42.0 Å². The van der Waals surface area contributed by atoms with Crippen molar-refractivity contribution in [3.05, 3.63) is 47.5 Å². The lowest BCUT2D eigenvalue weighted by Crippen LogP contribution is -2.41. The van der Waals surface area contributed by atoms with Gasteiger partial charge in [-0.15, -0.1) is 0 Å². The summed E-state index contributed by atoms with van der Waals surface area (Å²) in [5, 5.41) is 0. The molecule has 1 heterocycles. The summed E-state index contributed by atoms with van der Waals surface area (Å²) >= 11 is 0. The molecule has 1 atom stereocenters. The molecule has 1 aliphatic rings. The van der Waals surface area contributed by atoms with Crippen LogP contribution >= 0.6 is 0 Å². The fourth-order valence-electron chi connectivity index (χ4n) is 2.10. The van der Waals surface area contributed by atoms with E-state index in [0.29, 0.717) is 6.54 Å². The molecule has 0 aliphatic carbocycles. The highest BCUT2D eigenvalue weighted by atomic mass is 16.2. The van der Waals surface area contributed by atoms with Gasteiger partial charge in [0.15, 0.2) is 0 Å². The second-order valence-corrected chi connectivity index (χ2v) is 4.49. The molecule has 17 heavy (non-hydrogen) atoms. The van der Waals surface area contributed by atoms with Gasteiger partial charge in [0.05, 0.1) is 0 Å². The van der Waals surface area contributed by atoms with E-state index < -0.39 is 6.04 Å². The summed E-state index contributed by atoms with van der Waals surface area (Å²) in [5.41, 5.74) is 8.12. The Balaban J connectivity index is 2.08. The number of rotatable bonds is 2. The van der Waals surface area contributed by atoms with Crippen molar-refractivity contribution in [1.29, 1.82) is 0 Å². The minimum Gasteiger partial charge on any atom is -0.337 e. The van der Waals surface area contributed by atoms with Crippen LogP contribution in [0.3, 0.4) is 0 Å². The molecule has 2 rings (SSSR count). The van der Waals surface area contributed by atoms with E-state index in [4.69, 9.17) is 5.73 Å². The van der Waals surface area contributed by atoms with Crippen LogP contribution in [0.5, 0.6) is 0 Å². The molecule has 1 aromatic rings. The number of nitrogens with two attached hydrogens (primary N) is 1. The zero-order valence-electron chi connectivity index (χ0n) is 10.1. The van der Waals surface area contributed by atoms with Crippen LogP contribution in [0, 0.1) is 0 Å². The number of carbonyl (C=O) groups is 1. The van der Waals surface area contributed by atoms with Crippen molar-refractivity contribution < 1.29 is 4.79 Å². The van der Waals surface area contributed by atoms with Gasteiger partial charge in [-0.3, -0.25) is 4.79 Å². The molecule has 1 aromatic carbocycles. The first-order valence-corrected chi connectivity index (χ1v) is 5.93. The van der Waals surface area contributed by atoms with Crippen LogP contribution in [0.4, 0.5) is 0 Å². The van der Waals surface area contributed by atoms with E-state index in [1.54, 1.807) is 0 Å². The molecule has 3 heteroatoms. The average molecular weight is 230 g/mol. The molecular formula is C14H18N2O. The van der Waals surface area contributed by atoms with Gasteiger partial charge in [0.25, 0.3) is 0 Å². The van der Waals surface area contributed by atoms with Crippen LogP contribution < -0.4 is 5.73 Å². The van der Waals surface area contributed by atoms with Crippen molar-refractivity contribution in [3.63, 3.8) is 0 Å². The van der Waals surface area contributed by atoms with E-state index in [1.165, 1.54) is 5.57 Å². The minimum atomic E-state index is -0.540. The lowest BCUT2D eigenvalue weighted by molar-refractivity contribution is -0.132. The Morgan fingerprint density at radius 2 is 2.06 bits per heavy atom. The predicted molar refractivity (Wildman–Crippen MR) is 68.3 cm³/mol. The standard InChI is InChI=1S/C14H18N2O/c1-11-6-5-9-16(10-11)14(17)13(15)12-7-3-2-4-8-12/h2-4,6-8,13H,5,9-10,15H2,1H3/t13-/m0/s1. The monoisotopic (exact) mass is 230 g/mol. The van der Waals surface area contributed by atoms with Gasteiger partial charge in [-0.05, 0) is 18.9 Å². The smallest absolute Gasteiger partial charge is 0.244 e. The quantitative estimate of drug-likeness (QED) is 0.788. The van der Waals surface area contributed by atoms with Gasteiger partial charge in [0, 0.05) is 13.1 Å². The zero-order valence-corrected chi connectivity index (χ0v) is 10.1. The number of hydrogen-bond acceptors (Lipinski definition) is 2. The summed E-state index contributed by atoms with van der Waals surface area (Å²) in [6.07, 6.45) is 3.11. The summed E-state index contributed by atoms with van der Waals surface area (Å²) in [5.74, 6) is 0.0173.